The summed E-state index contributed by atoms with van der Waals surface area (Å²) in [7, 11) is 0. The fourth-order valence-corrected chi connectivity index (χ4v) is 4.87. The maximum atomic E-state index is 13.8. The Bertz CT molecular complexity index is 1530. The number of nitrogens with zero attached hydrogens (tertiary/aromatic N) is 2. The monoisotopic (exact) mass is 626 g/mol. The summed E-state index contributed by atoms with van der Waals surface area (Å²) >= 11 is 0. The number of pyridine rings is 1. The molecule has 0 radical (unpaired) electrons. The largest absolute Gasteiger partial charge is 0.493 e. The van der Waals surface area contributed by atoms with Crippen LogP contribution in [-0.4, -0.2) is 37.9 Å². The van der Waals surface area contributed by atoms with Crippen molar-refractivity contribution in [3.63, 3.8) is 0 Å². The molecule has 4 aromatic rings. The van der Waals surface area contributed by atoms with E-state index in [0.29, 0.717) is 35.6 Å². The number of aliphatic carboxylic acids is 1. The van der Waals surface area contributed by atoms with Gasteiger partial charge in [-0.1, -0.05) is 53.7 Å². The van der Waals surface area contributed by atoms with Gasteiger partial charge in [0, 0.05) is 23.8 Å². The third kappa shape index (κ3) is 10.7. The number of halogens is 2. The standard InChI is InChI=1S/C27H24F2N2O3.C4H10O.3C2H6/c1-15-18-4-3-11-34-24(18)8-6-19(15)26-20-9-10-31(14-17-5-7-22(28)23(29)12-17)27(20)30-16(2)21(26)13-25(32)33;1-4(2,3)5;3*1-2/h5-10,12H,3-4,11,13-14H2,1-2H3,(H,32,33);5H,1-3H3;3*1-2H3. The molecule has 6 nitrogen and oxygen atoms in total. The minimum atomic E-state index is -0.925. The fraction of sp³-hybridized carbons (Fsp3) is 0.459. The number of aryl methyl sites for hydroxylation is 1. The quantitative estimate of drug-likeness (QED) is 0.231. The van der Waals surface area contributed by atoms with Gasteiger partial charge < -0.3 is 19.5 Å². The van der Waals surface area contributed by atoms with E-state index in [9.17, 15) is 18.7 Å². The lowest BCUT2D eigenvalue weighted by Crippen LogP contribution is -2.11. The molecule has 1 aliphatic heterocycles. The number of carbonyl (C=O) groups is 1. The molecule has 2 aromatic heterocycles. The lowest BCUT2D eigenvalue weighted by Gasteiger charge is -2.23. The smallest absolute Gasteiger partial charge is 0.307 e. The van der Waals surface area contributed by atoms with Crippen LogP contribution in [0, 0.1) is 25.5 Å². The number of hydrogen-bond donors (Lipinski definition) is 2. The Morgan fingerprint density at radius 3 is 2.18 bits per heavy atom. The van der Waals surface area contributed by atoms with E-state index < -0.39 is 23.2 Å². The first-order chi connectivity index (χ1) is 21.3. The number of ether oxygens (including phenoxy) is 1. The molecule has 0 saturated carbocycles. The molecule has 45 heavy (non-hydrogen) atoms. The molecule has 1 aliphatic rings. The van der Waals surface area contributed by atoms with Crippen molar-refractivity contribution in [3.8, 4) is 16.9 Å². The van der Waals surface area contributed by atoms with Gasteiger partial charge in [0.25, 0.3) is 0 Å². The zero-order valence-electron chi connectivity index (χ0n) is 28.9. The van der Waals surface area contributed by atoms with E-state index in [0.717, 1.165) is 52.3 Å². The van der Waals surface area contributed by atoms with Gasteiger partial charge in [-0.15, -0.1) is 0 Å². The Balaban J connectivity index is 0.000000815. The lowest BCUT2D eigenvalue weighted by atomic mass is 9.88. The van der Waals surface area contributed by atoms with Crippen LogP contribution in [0.1, 0.15) is 96.7 Å². The van der Waals surface area contributed by atoms with E-state index in [-0.39, 0.29) is 6.42 Å². The predicted octanol–water partition coefficient (Wildman–Crippen LogP) is 9.45. The normalized spacial score (nSPS) is 11.6. The van der Waals surface area contributed by atoms with E-state index >= 15 is 0 Å². The molecule has 0 atom stereocenters. The molecule has 2 aromatic carbocycles. The van der Waals surface area contributed by atoms with Gasteiger partial charge in [-0.2, -0.15) is 0 Å². The summed E-state index contributed by atoms with van der Waals surface area (Å²) in [6.45, 7) is 22.1. The molecule has 0 aliphatic carbocycles. The van der Waals surface area contributed by atoms with Crippen LogP contribution in [0.3, 0.4) is 0 Å². The minimum absolute atomic E-state index is 0.147. The number of carboxylic acids is 1. The SMILES string of the molecule is CC.CC.CC.CC(C)(C)O.Cc1nc2c(ccn2Cc2ccc(F)c(F)c2)c(-c2ccc3c(c2C)CCCO3)c1CC(=O)O. The van der Waals surface area contributed by atoms with E-state index in [1.54, 1.807) is 26.8 Å². The first-order valence-corrected chi connectivity index (χ1v) is 16.0. The van der Waals surface area contributed by atoms with Crippen LogP contribution in [0.4, 0.5) is 8.78 Å². The van der Waals surface area contributed by atoms with Crippen molar-refractivity contribution in [1.82, 2.24) is 9.55 Å². The first-order valence-electron chi connectivity index (χ1n) is 16.0. The van der Waals surface area contributed by atoms with Gasteiger partial charge in [0.05, 0.1) is 18.6 Å². The number of fused-ring (bicyclic) bond motifs is 2. The summed E-state index contributed by atoms with van der Waals surface area (Å²) in [6, 6.07) is 9.71. The average Bonchev–Trinajstić information content (AvgIpc) is 3.39. The molecule has 0 spiro atoms. The predicted molar refractivity (Wildman–Crippen MR) is 181 cm³/mol. The lowest BCUT2D eigenvalue weighted by molar-refractivity contribution is -0.136. The summed E-state index contributed by atoms with van der Waals surface area (Å²) in [6.07, 6.45) is 3.55. The van der Waals surface area contributed by atoms with Crippen molar-refractivity contribution >= 4 is 17.0 Å². The van der Waals surface area contributed by atoms with Crippen LogP contribution < -0.4 is 4.74 Å². The molecule has 0 unspecified atom stereocenters. The summed E-state index contributed by atoms with van der Waals surface area (Å²) in [5.74, 6) is -1.83. The second-order valence-electron chi connectivity index (χ2n) is 10.9. The highest BCUT2D eigenvalue weighted by Crippen LogP contribution is 2.40. The zero-order chi connectivity index (χ0) is 34.5. The second kappa shape index (κ2) is 18.3. The molecule has 248 valence electrons. The molecule has 2 N–H and O–H groups in total. The Hall–Kier alpha value is -3.78. The van der Waals surface area contributed by atoms with E-state index in [1.807, 2.05) is 84.4 Å². The maximum absolute atomic E-state index is 13.8. The summed E-state index contributed by atoms with van der Waals surface area (Å²) in [5.41, 5.74) is 6.10. The van der Waals surface area contributed by atoms with Gasteiger partial charge in [-0.3, -0.25) is 4.79 Å². The van der Waals surface area contributed by atoms with Gasteiger partial charge in [-0.05, 0) is 105 Å². The van der Waals surface area contributed by atoms with Crippen molar-refractivity contribution < 1.29 is 28.5 Å². The number of aromatic nitrogens is 2. The molecule has 5 rings (SSSR count). The molecule has 3 heterocycles. The van der Waals surface area contributed by atoms with E-state index in [2.05, 4.69) is 0 Å². The zero-order valence-corrected chi connectivity index (χ0v) is 28.9. The van der Waals surface area contributed by atoms with Gasteiger partial charge in [-0.25, -0.2) is 13.8 Å². The number of carboxylic acid groups (broad SMARTS) is 1. The van der Waals surface area contributed by atoms with Crippen LogP contribution in [0.25, 0.3) is 22.2 Å². The van der Waals surface area contributed by atoms with Crippen LogP contribution in [0.15, 0.2) is 42.6 Å². The van der Waals surface area contributed by atoms with Crippen molar-refractivity contribution in [2.24, 2.45) is 0 Å². The van der Waals surface area contributed by atoms with Gasteiger partial charge in [0.2, 0.25) is 0 Å². The number of benzene rings is 2. The van der Waals surface area contributed by atoms with Crippen molar-refractivity contribution in [2.75, 3.05) is 6.61 Å². The Kier molecular flexibility index (Phi) is 15.9. The van der Waals surface area contributed by atoms with Gasteiger partial charge in [0.15, 0.2) is 11.6 Å². The van der Waals surface area contributed by atoms with Crippen molar-refractivity contribution in [1.29, 1.82) is 0 Å². The Morgan fingerprint density at radius 1 is 0.978 bits per heavy atom. The first kappa shape index (κ1) is 39.2. The summed E-state index contributed by atoms with van der Waals surface area (Å²) < 4.78 is 34.8. The third-order valence-corrected chi connectivity index (χ3v) is 6.53. The number of hydrogen-bond acceptors (Lipinski definition) is 4. The average molecular weight is 627 g/mol. The molecule has 0 bridgehead atoms. The highest BCUT2D eigenvalue weighted by Gasteiger charge is 2.23. The topological polar surface area (TPSA) is 84.6 Å². The number of rotatable bonds is 5. The summed E-state index contributed by atoms with van der Waals surface area (Å²) in [5, 5.41) is 19.0. The third-order valence-electron chi connectivity index (χ3n) is 6.53. The summed E-state index contributed by atoms with van der Waals surface area (Å²) in [4.78, 5) is 16.5. The van der Waals surface area contributed by atoms with Crippen LogP contribution in [-0.2, 0) is 24.2 Å². The molecule has 8 heteroatoms. The minimum Gasteiger partial charge on any atom is -0.493 e. The highest BCUT2D eigenvalue weighted by atomic mass is 19.2. The number of aliphatic hydroxyl groups is 1. The van der Waals surface area contributed by atoms with Crippen molar-refractivity contribution in [3.05, 3.63) is 82.2 Å². The molecule has 0 saturated heterocycles. The van der Waals surface area contributed by atoms with Crippen LogP contribution in [0.5, 0.6) is 5.75 Å². The Morgan fingerprint density at radius 2 is 1.60 bits per heavy atom. The molecule has 0 fully saturated rings. The maximum Gasteiger partial charge on any atom is 0.307 e. The van der Waals surface area contributed by atoms with Crippen molar-refractivity contribution in [2.45, 2.75) is 108 Å². The fourth-order valence-electron chi connectivity index (χ4n) is 4.87. The highest BCUT2D eigenvalue weighted by molar-refractivity contribution is 5.98. The van der Waals surface area contributed by atoms with Gasteiger partial charge in [0.1, 0.15) is 11.4 Å². The van der Waals surface area contributed by atoms with Crippen LogP contribution >= 0.6 is 0 Å². The van der Waals surface area contributed by atoms with E-state index in [1.165, 1.54) is 6.07 Å². The molecular formula is C37H52F2N2O4. The van der Waals surface area contributed by atoms with Gasteiger partial charge >= 0.3 is 5.97 Å². The second-order valence-corrected chi connectivity index (χ2v) is 10.9. The van der Waals surface area contributed by atoms with E-state index in [4.69, 9.17) is 14.8 Å². The Labute approximate surface area is 268 Å². The molecule has 0 amide bonds. The van der Waals surface area contributed by atoms with Crippen LogP contribution in [0.2, 0.25) is 0 Å². The molecular weight excluding hydrogens is 574 g/mol.